The maximum atomic E-state index is 13.3. The van der Waals surface area contributed by atoms with Crippen LogP contribution in [-0.2, 0) is 4.79 Å². The maximum absolute atomic E-state index is 13.3. The van der Waals surface area contributed by atoms with Gasteiger partial charge >= 0.3 is 0 Å². The Balaban J connectivity index is 2.14. The summed E-state index contributed by atoms with van der Waals surface area (Å²) in [7, 11) is 0. The first-order valence-electron chi connectivity index (χ1n) is 6.86. The lowest BCUT2D eigenvalue weighted by Crippen LogP contribution is -2.42. The first-order chi connectivity index (χ1) is 10.0. The number of aryl methyl sites for hydroxylation is 1. The average Bonchev–Trinajstić information content (AvgIpc) is 2.49. The predicted octanol–water partition coefficient (Wildman–Crippen LogP) is 3.55. The van der Waals surface area contributed by atoms with E-state index in [0.29, 0.717) is 6.29 Å². The summed E-state index contributed by atoms with van der Waals surface area (Å²) >= 11 is 6.04. The summed E-state index contributed by atoms with van der Waals surface area (Å²) in [6.45, 7) is 4.02. The van der Waals surface area contributed by atoms with Crippen molar-refractivity contribution in [2.24, 2.45) is 0 Å². The van der Waals surface area contributed by atoms with E-state index in [1.54, 1.807) is 6.08 Å². The Labute approximate surface area is 128 Å². The Kier molecular flexibility index (Phi) is 5.15. The molecule has 2 atom stereocenters. The Morgan fingerprint density at radius 1 is 1.52 bits per heavy atom. The molecule has 0 saturated carbocycles. The molecule has 1 heterocycles. The fourth-order valence-electron chi connectivity index (χ4n) is 2.30. The minimum Gasteiger partial charge on any atom is -0.370 e. The van der Waals surface area contributed by atoms with E-state index in [0.717, 1.165) is 22.6 Å². The molecule has 0 fully saturated rings. The van der Waals surface area contributed by atoms with E-state index in [9.17, 15) is 9.18 Å². The van der Waals surface area contributed by atoms with Crippen molar-refractivity contribution in [1.29, 1.82) is 0 Å². The molecule has 0 radical (unpaired) electrons. The second-order valence-electron chi connectivity index (χ2n) is 5.01. The lowest BCUT2D eigenvalue weighted by atomic mass is 10.0. The van der Waals surface area contributed by atoms with Gasteiger partial charge in [-0.3, -0.25) is 10.1 Å². The van der Waals surface area contributed by atoms with E-state index in [4.69, 9.17) is 11.6 Å². The van der Waals surface area contributed by atoms with Crippen LogP contribution >= 0.6 is 11.6 Å². The Morgan fingerprint density at radius 2 is 2.29 bits per heavy atom. The van der Waals surface area contributed by atoms with Crippen molar-refractivity contribution in [2.45, 2.75) is 32.5 Å². The zero-order valence-corrected chi connectivity index (χ0v) is 12.7. The zero-order valence-electron chi connectivity index (χ0n) is 12.0. The monoisotopic (exact) mass is 308 g/mol. The number of allylic oxidation sites excluding steroid dienone is 2. The fraction of sp³-hybridized carbons (Fsp3) is 0.312. The van der Waals surface area contributed by atoms with Crippen molar-refractivity contribution < 1.29 is 9.18 Å². The highest BCUT2D eigenvalue weighted by Crippen LogP contribution is 2.24. The van der Waals surface area contributed by atoms with E-state index in [2.05, 4.69) is 17.6 Å². The molecule has 1 aromatic rings. The topological polar surface area (TPSA) is 41.1 Å². The van der Waals surface area contributed by atoms with Gasteiger partial charge in [-0.2, -0.15) is 0 Å². The molecule has 0 spiro atoms. The summed E-state index contributed by atoms with van der Waals surface area (Å²) in [6.07, 6.45) is 3.85. The van der Waals surface area contributed by atoms with E-state index in [1.807, 2.05) is 25.1 Å². The van der Waals surface area contributed by atoms with Gasteiger partial charge in [0.15, 0.2) is 6.29 Å². The van der Waals surface area contributed by atoms with Gasteiger partial charge in [-0.1, -0.05) is 30.7 Å². The summed E-state index contributed by atoms with van der Waals surface area (Å²) in [4.78, 5) is 10.8. The molecule has 5 heteroatoms. The second-order valence-corrected chi connectivity index (χ2v) is 5.42. The Bertz CT molecular complexity index is 598. The zero-order chi connectivity index (χ0) is 15.4. The Morgan fingerprint density at radius 3 is 2.90 bits per heavy atom. The van der Waals surface area contributed by atoms with Crippen molar-refractivity contribution in [3.8, 4) is 0 Å². The highest BCUT2D eigenvalue weighted by Gasteiger charge is 2.18. The number of halogens is 2. The minimum atomic E-state index is -0.543. The second kappa shape index (κ2) is 6.87. The van der Waals surface area contributed by atoms with Crippen LogP contribution in [0, 0.1) is 6.92 Å². The molecule has 2 rings (SSSR count). The molecule has 1 aliphatic rings. The number of hydrogen-bond acceptors (Lipinski definition) is 3. The molecule has 112 valence electrons. The van der Waals surface area contributed by atoms with Gasteiger partial charge in [0.05, 0.1) is 11.7 Å². The van der Waals surface area contributed by atoms with Crippen molar-refractivity contribution in [3.05, 3.63) is 58.0 Å². The molecule has 1 aromatic carbocycles. The summed E-state index contributed by atoms with van der Waals surface area (Å²) in [5, 5.41) is 6.97. The van der Waals surface area contributed by atoms with Crippen LogP contribution in [0.25, 0.3) is 0 Å². The molecule has 2 N–H and O–H groups in total. The summed E-state index contributed by atoms with van der Waals surface area (Å²) in [5.41, 5.74) is 2.19. The summed E-state index contributed by atoms with van der Waals surface area (Å²) < 4.78 is 13.3. The SMILES string of the molecule is CC[C@@H](NC1C=C(C=O)C(F)=CN1)c1ccc(Cl)c(C)c1. The van der Waals surface area contributed by atoms with Gasteiger partial charge in [0.2, 0.25) is 0 Å². The average molecular weight is 309 g/mol. The van der Waals surface area contributed by atoms with Crippen LogP contribution < -0.4 is 10.6 Å². The van der Waals surface area contributed by atoms with E-state index in [-0.39, 0.29) is 17.8 Å². The molecule has 0 bridgehead atoms. The number of carbonyl (C=O) groups excluding carboxylic acids is 1. The van der Waals surface area contributed by atoms with Crippen molar-refractivity contribution >= 4 is 17.9 Å². The largest absolute Gasteiger partial charge is 0.370 e. The summed E-state index contributed by atoms with van der Waals surface area (Å²) in [6, 6.07) is 5.96. The molecule has 21 heavy (non-hydrogen) atoms. The molecule has 0 saturated heterocycles. The lowest BCUT2D eigenvalue weighted by Gasteiger charge is -2.26. The minimum absolute atomic E-state index is 0.0633. The first-order valence-corrected chi connectivity index (χ1v) is 7.24. The molecule has 1 unspecified atom stereocenters. The van der Waals surface area contributed by atoms with Crippen LogP contribution in [0.4, 0.5) is 4.39 Å². The fourth-order valence-corrected chi connectivity index (χ4v) is 2.41. The predicted molar refractivity (Wildman–Crippen MR) is 82.6 cm³/mol. The van der Waals surface area contributed by atoms with E-state index < -0.39 is 5.83 Å². The standard InChI is InChI=1S/C16H18ClFN2O/c1-3-15(11-4-5-13(17)10(2)6-11)20-16-7-12(9-21)14(18)8-19-16/h4-9,15-16,19-20H,3H2,1-2H3/t15-,16?/m1/s1. The number of nitrogens with one attached hydrogen (secondary N) is 2. The number of benzene rings is 1. The van der Waals surface area contributed by atoms with Crippen molar-refractivity contribution in [3.63, 3.8) is 0 Å². The van der Waals surface area contributed by atoms with Gasteiger partial charge in [-0.15, -0.1) is 0 Å². The number of rotatable bonds is 5. The molecular weight excluding hydrogens is 291 g/mol. The summed E-state index contributed by atoms with van der Waals surface area (Å²) in [5.74, 6) is -0.543. The first kappa shape index (κ1) is 15.7. The third-order valence-electron chi connectivity index (χ3n) is 3.51. The van der Waals surface area contributed by atoms with Crippen LogP contribution in [0.1, 0.15) is 30.5 Å². The van der Waals surface area contributed by atoms with Gasteiger partial charge in [0, 0.05) is 17.3 Å². The van der Waals surface area contributed by atoms with Gasteiger partial charge in [-0.05, 0) is 36.6 Å². The van der Waals surface area contributed by atoms with Gasteiger partial charge in [0.25, 0.3) is 0 Å². The lowest BCUT2D eigenvalue weighted by molar-refractivity contribution is -0.104. The maximum Gasteiger partial charge on any atom is 0.152 e. The smallest absolute Gasteiger partial charge is 0.152 e. The van der Waals surface area contributed by atoms with Crippen LogP contribution in [0.3, 0.4) is 0 Å². The quantitative estimate of drug-likeness (QED) is 0.817. The molecule has 0 amide bonds. The van der Waals surface area contributed by atoms with Crippen LogP contribution in [0.2, 0.25) is 5.02 Å². The normalized spacial score (nSPS) is 19.3. The van der Waals surface area contributed by atoms with Crippen molar-refractivity contribution in [1.82, 2.24) is 10.6 Å². The van der Waals surface area contributed by atoms with Crippen LogP contribution in [0.15, 0.2) is 41.9 Å². The highest BCUT2D eigenvalue weighted by molar-refractivity contribution is 6.31. The highest BCUT2D eigenvalue weighted by atomic mass is 35.5. The molecule has 0 aliphatic carbocycles. The Hall–Kier alpha value is -1.65. The number of hydrogen-bond donors (Lipinski definition) is 2. The van der Waals surface area contributed by atoms with E-state index >= 15 is 0 Å². The third kappa shape index (κ3) is 3.71. The van der Waals surface area contributed by atoms with Crippen LogP contribution in [-0.4, -0.2) is 12.5 Å². The number of aldehydes is 1. The van der Waals surface area contributed by atoms with Gasteiger partial charge < -0.3 is 5.32 Å². The van der Waals surface area contributed by atoms with Gasteiger partial charge in [0.1, 0.15) is 5.83 Å². The van der Waals surface area contributed by atoms with Crippen molar-refractivity contribution in [2.75, 3.05) is 0 Å². The van der Waals surface area contributed by atoms with Gasteiger partial charge in [-0.25, -0.2) is 4.39 Å². The molecule has 1 aliphatic heterocycles. The number of carbonyl (C=O) groups is 1. The third-order valence-corrected chi connectivity index (χ3v) is 3.94. The molecular formula is C16H18ClFN2O. The molecule has 0 aromatic heterocycles. The number of dihydropyridines is 1. The van der Waals surface area contributed by atoms with E-state index in [1.165, 1.54) is 6.20 Å². The van der Waals surface area contributed by atoms with Crippen LogP contribution in [0.5, 0.6) is 0 Å². The molecule has 3 nitrogen and oxygen atoms in total.